The second-order valence-electron chi connectivity index (χ2n) is 5.05. The van der Waals surface area contributed by atoms with Gasteiger partial charge >= 0.3 is 5.97 Å². The summed E-state index contributed by atoms with van der Waals surface area (Å²) in [7, 11) is 0. The highest BCUT2D eigenvalue weighted by Gasteiger charge is 2.26. The third kappa shape index (κ3) is 3.81. The first-order valence-corrected chi connectivity index (χ1v) is 6.74. The summed E-state index contributed by atoms with van der Waals surface area (Å²) in [6.45, 7) is 0. The van der Waals surface area contributed by atoms with E-state index >= 15 is 0 Å². The van der Waals surface area contributed by atoms with Crippen LogP contribution in [-0.4, -0.2) is 17.0 Å². The van der Waals surface area contributed by atoms with Gasteiger partial charge in [0.05, 0.1) is 12.5 Å². The Kier molecular flexibility index (Phi) is 4.55. The van der Waals surface area contributed by atoms with Crippen molar-refractivity contribution in [1.29, 1.82) is 0 Å². The van der Waals surface area contributed by atoms with Crippen molar-refractivity contribution in [3.05, 3.63) is 35.9 Å². The minimum absolute atomic E-state index is 0.00685. The maximum Gasteiger partial charge on any atom is 0.305 e. The lowest BCUT2D eigenvalue weighted by Crippen LogP contribution is -2.34. The number of hydrogen-bond acceptors (Lipinski definition) is 2. The minimum atomic E-state index is -0.902. The zero-order chi connectivity index (χ0) is 13.7. The third-order valence-electron chi connectivity index (χ3n) is 3.62. The van der Waals surface area contributed by atoms with Crippen LogP contribution in [0.3, 0.4) is 0 Å². The minimum Gasteiger partial charge on any atom is -0.481 e. The average molecular weight is 261 g/mol. The van der Waals surface area contributed by atoms with Crippen molar-refractivity contribution in [3.8, 4) is 0 Å². The van der Waals surface area contributed by atoms with E-state index < -0.39 is 12.0 Å². The van der Waals surface area contributed by atoms with Gasteiger partial charge < -0.3 is 10.4 Å². The number of hydrogen-bond donors (Lipinski definition) is 2. The molecule has 0 saturated heterocycles. The van der Waals surface area contributed by atoms with Gasteiger partial charge in [-0.15, -0.1) is 0 Å². The summed E-state index contributed by atoms with van der Waals surface area (Å²) in [5.41, 5.74) is 0.844. The van der Waals surface area contributed by atoms with E-state index in [1.807, 2.05) is 30.3 Å². The Balaban J connectivity index is 2.05. The van der Waals surface area contributed by atoms with Crippen LogP contribution in [0.1, 0.15) is 43.7 Å². The Labute approximate surface area is 112 Å². The molecule has 1 aromatic carbocycles. The van der Waals surface area contributed by atoms with Crippen LogP contribution < -0.4 is 5.32 Å². The molecule has 0 spiro atoms. The number of rotatable bonds is 5. The third-order valence-corrected chi connectivity index (χ3v) is 3.62. The number of nitrogens with one attached hydrogen (secondary N) is 1. The summed E-state index contributed by atoms with van der Waals surface area (Å²) in [6.07, 6.45) is 3.93. The van der Waals surface area contributed by atoms with Gasteiger partial charge in [0.2, 0.25) is 5.91 Å². The maximum absolute atomic E-state index is 12.1. The SMILES string of the molecule is O=C(O)C[C@H](NC(=O)C1CCCC1)c1ccccc1. The number of benzene rings is 1. The lowest BCUT2D eigenvalue weighted by molar-refractivity contribution is -0.137. The number of carbonyl (C=O) groups is 2. The molecule has 1 fully saturated rings. The van der Waals surface area contributed by atoms with Gasteiger partial charge in [-0.3, -0.25) is 9.59 Å². The van der Waals surface area contributed by atoms with Crippen LogP contribution in [0.25, 0.3) is 0 Å². The highest BCUT2D eigenvalue weighted by Crippen LogP contribution is 2.26. The van der Waals surface area contributed by atoms with Crippen LogP contribution in [-0.2, 0) is 9.59 Å². The van der Waals surface area contributed by atoms with E-state index in [0.29, 0.717) is 0 Å². The number of amides is 1. The number of carboxylic acids is 1. The van der Waals surface area contributed by atoms with E-state index in [0.717, 1.165) is 31.2 Å². The quantitative estimate of drug-likeness (QED) is 0.855. The van der Waals surface area contributed by atoms with Gasteiger partial charge in [0.25, 0.3) is 0 Å². The molecule has 1 aliphatic rings. The molecule has 2 rings (SSSR count). The van der Waals surface area contributed by atoms with Crippen LogP contribution in [0.5, 0.6) is 0 Å². The van der Waals surface area contributed by atoms with Crippen LogP contribution in [0, 0.1) is 5.92 Å². The molecule has 4 heteroatoms. The van der Waals surface area contributed by atoms with Gasteiger partial charge in [0.15, 0.2) is 0 Å². The normalized spacial score (nSPS) is 17.1. The summed E-state index contributed by atoms with van der Waals surface area (Å²) in [5, 5.41) is 11.9. The standard InChI is InChI=1S/C15H19NO3/c17-14(18)10-13(11-6-2-1-3-7-11)16-15(19)12-8-4-5-9-12/h1-3,6-7,12-13H,4-5,8-10H2,(H,16,19)(H,17,18)/t13-/m0/s1. The molecule has 1 aliphatic carbocycles. The van der Waals surface area contributed by atoms with Crippen molar-refractivity contribution in [1.82, 2.24) is 5.32 Å². The fraction of sp³-hybridized carbons (Fsp3) is 0.467. The average Bonchev–Trinajstić information content (AvgIpc) is 2.92. The van der Waals surface area contributed by atoms with E-state index in [1.165, 1.54) is 0 Å². The number of carbonyl (C=O) groups excluding carboxylic acids is 1. The zero-order valence-corrected chi connectivity index (χ0v) is 10.8. The molecular weight excluding hydrogens is 242 g/mol. The van der Waals surface area contributed by atoms with E-state index in [9.17, 15) is 9.59 Å². The van der Waals surface area contributed by atoms with E-state index in [4.69, 9.17) is 5.11 Å². The van der Waals surface area contributed by atoms with Crippen LogP contribution >= 0.6 is 0 Å². The van der Waals surface area contributed by atoms with Crippen molar-refractivity contribution in [2.45, 2.75) is 38.1 Å². The molecule has 1 atom stereocenters. The second kappa shape index (κ2) is 6.36. The molecule has 0 unspecified atom stereocenters. The maximum atomic E-state index is 12.1. The van der Waals surface area contributed by atoms with Gasteiger partial charge in [-0.05, 0) is 18.4 Å². The Morgan fingerprint density at radius 1 is 1.21 bits per heavy atom. The zero-order valence-electron chi connectivity index (χ0n) is 10.8. The number of aliphatic carboxylic acids is 1. The van der Waals surface area contributed by atoms with Gasteiger partial charge in [-0.2, -0.15) is 0 Å². The first kappa shape index (κ1) is 13.6. The molecule has 102 valence electrons. The molecular formula is C15H19NO3. The van der Waals surface area contributed by atoms with Crippen molar-refractivity contribution in [3.63, 3.8) is 0 Å². The van der Waals surface area contributed by atoms with Gasteiger partial charge in [-0.1, -0.05) is 43.2 Å². The van der Waals surface area contributed by atoms with Gasteiger partial charge in [0.1, 0.15) is 0 Å². The largest absolute Gasteiger partial charge is 0.481 e. The first-order valence-electron chi connectivity index (χ1n) is 6.74. The summed E-state index contributed by atoms with van der Waals surface area (Å²) < 4.78 is 0. The molecule has 2 N–H and O–H groups in total. The highest BCUT2D eigenvalue weighted by atomic mass is 16.4. The lowest BCUT2D eigenvalue weighted by atomic mass is 10.0. The van der Waals surface area contributed by atoms with Crippen molar-refractivity contribution < 1.29 is 14.7 Å². The molecule has 1 aromatic rings. The topological polar surface area (TPSA) is 66.4 Å². The summed E-state index contributed by atoms with van der Waals surface area (Å²) >= 11 is 0. The molecule has 0 bridgehead atoms. The van der Waals surface area contributed by atoms with E-state index in [-0.39, 0.29) is 18.2 Å². The van der Waals surface area contributed by atoms with Crippen molar-refractivity contribution in [2.75, 3.05) is 0 Å². The number of carboxylic acid groups (broad SMARTS) is 1. The molecule has 0 aromatic heterocycles. The molecule has 0 radical (unpaired) electrons. The van der Waals surface area contributed by atoms with E-state index in [1.54, 1.807) is 0 Å². The molecule has 1 amide bonds. The summed E-state index contributed by atoms with van der Waals surface area (Å²) in [6, 6.07) is 8.84. The summed E-state index contributed by atoms with van der Waals surface area (Å²) in [4.78, 5) is 23.0. The Morgan fingerprint density at radius 2 is 1.84 bits per heavy atom. The molecule has 0 heterocycles. The Morgan fingerprint density at radius 3 is 2.42 bits per heavy atom. The molecule has 1 saturated carbocycles. The fourth-order valence-corrected chi connectivity index (χ4v) is 2.59. The van der Waals surface area contributed by atoms with Gasteiger partial charge in [-0.25, -0.2) is 0 Å². The lowest BCUT2D eigenvalue weighted by Gasteiger charge is -2.19. The Hall–Kier alpha value is -1.84. The molecule has 4 nitrogen and oxygen atoms in total. The Bertz CT molecular complexity index is 438. The second-order valence-corrected chi connectivity index (χ2v) is 5.05. The predicted molar refractivity (Wildman–Crippen MR) is 71.5 cm³/mol. The summed E-state index contributed by atoms with van der Waals surface area (Å²) in [5.74, 6) is -0.854. The molecule has 19 heavy (non-hydrogen) atoms. The van der Waals surface area contributed by atoms with Crippen molar-refractivity contribution in [2.24, 2.45) is 5.92 Å². The van der Waals surface area contributed by atoms with Crippen LogP contribution in [0.15, 0.2) is 30.3 Å². The smallest absolute Gasteiger partial charge is 0.305 e. The monoisotopic (exact) mass is 261 g/mol. The first-order chi connectivity index (χ1) is 9.16. The van der Waals surface area contributed by atoms with Crippen molar-refractivity contribution >= 4 is 11.9 Å². The van der Waals surface area contributed by atoms with Gasteiger partial charge in [0, 0.05) is 5.92 Å². The van der Waals surface area contributed by atoms with Crippen LogP contribution in [0.4, 0.5) is 0 Å². The predicted octanol–water partition coefficient (Wildman–Crippen LogP) is 2.51. The van der Waals surface area contributed by atoms with E-state index in [2.05, 4.69) is 5.32 Å². The van der Waals surface area contributed by atoms with Crippen LogP contribution in [0.2, 0.25) is 0 Å². The molecule has 0 aliphatic heterocycles. The fourth-order valence-electron chi connectivity index (χ4n) is 2.59. The highest BCUT2D eigenvalue weighted by molar-refractivity contribution is 5.80.